The fraction of sp³-hybridized carbons (Fsp3) is 0.0667. The minimum absolute atomic E-state index is 0.0959. The molecule has 6 heteroatoms. The molecular weight excluding hydrogens is 278 g/mol. The van der Waals surface area contributed by atoms with E-state index in [2.05, 4.69) is 5.10 Å². The first-order valence-corrected chi connectivity index (χ1v) is 6.18. The van der Waals surface area contributed by atoms with Gasteiger partial charge in [0.1, 0.15) is 11.6 Å². The van der Waals surface area contributed by atoms with E-state index in [9.17, 15) is 13.6 Å². The van der Waals surface area contributed by atoms with Crippen molar-refractivity contribution in [1.29, 1.82) is 0 Å². The van der Waals surface area contributed by atoms with Crippen LogP contribution in [-0.2, 0) is 6.54 Å². The SMILES string of the molecule is O=C(O)c1cccc2c1cnn2Cc1ccc(F)cc1F. The molecule has 0 amide bonds. The minimum atomic E-state index is -1.05. The van der Waals surface area contributed by atoms with Crippen molar-refractivity contribution in [1.82, 2.24) is 9.78 Å². The number of rotatable bonds is 3. The van der Waals surface area contributed by atoms with Gasteiger partial charge in [-0.2, -0.15) is 5.10 Å². The van der Waals surface area contributed by atoms with Gasteiger partial charge in [0.15, 0.2) is 0 Å². The molecule has 0 spiro atoms. The Labute approximate surface area is 118 Å². The largest absolute Gasteiger partial charge is 0.478 e. The van der Waals surface area contributed by atoms with Crippen LogP contribution < -0.4 is 0 Å². The number of fused-ring (bicyclic) bond motifs is 1. The number of carboxylic acid groups (broad SMARTS) is 1. The summed E-state index contributed by atoms with van der Waals surface area (Å²) >= 11 is 0. The summed E-state index contributed by atoms with van der Waals surface area (Å²) < 4.78 is 28.1. The predicted molar refractivity (Wildman–Crippen MR) is 72.2 cm³/mol. The molecule has 4 nitrogen and oxygen atoms in total. The van der Waals surface area contributed by atoms with Gasteiger partial charge in [0.05, 0.1) is 23.8 Å². The average Bonchev–Trinajstić information content (AvgIpc) is 2.85. The van der Waals surface area contributed by atoms with Crippen molar-refractivity contribution in [2.24, 2.45) is 0 Å². The van der Waals surface area contributed by atoms with Crippen molar-refractivity contribution in [3.8, 4) is 0 Å². The number of aromatic carboxylic acids is 1. The second kappa shape index (κ2) is 4.97. The number of carboxylic acids is 1. The van der Waals surface area contributed by atoms with Crippen molar-refractivity contribution < 1.29 is 18.7 Å². The third-order valence-electron chi connectivity index (χ3n) is 3.25. The number of carbonyl (C=O) groups is 1. The smallest absolute Gasteiger partial charge is 0.336 e. The quantitative estimate of drug-likeness (QED) is 0.806. The molecule has 1 heterocycles. The lowest BCUT2D eigenvalue weighted by Crippen LogP contribution is -2.04. The Morgan fingerprint density at radius 1 is 1.24 bits per heavy atom. The highest BCUT2D eigenvalue weighted by molar-refractivity contribution is 6.02. The standard InChI is InChI=1S/C15H10F2N2O2/c16-10-5-4-9(13(17)6-10)8-19-14-3-1-2-11(15(20)21)12(14)7-18-19/h1-7H,8H2,(H,20,21). The third-order valence-corrected chi connectivity index (χ3v) is 3.25. The van der Waals surface area contributed by atoms with E-state index in [0.29, 0.717) is 10.9 Å². The molecule has 2 aromatic carbocycles. The molecule has 1 N–H and O–H groups in total. The molecule has 0 aliphatic rings. The number of hydrogen-bond donors (Lipinski definition) is 1. The zero-order valence-electron chi connectivity index (χ0n) is 10.8. The first kappa shape index (κ1) is 13.2. The van der Waals surface area contributed by atoms with Gasteiger partial charge in [-0.15, -0.1) is 0 Å². The van der Waals surface area contributed by atoms with Crippen LogP contribution in [0.1, 0.15) is 15.9 Å². The molecule has 0 aliphatic heterocycles. The molecule has 21 heavy (non-hydrogen) atoms. The van der Waals surface area contributed by atoms with Crippen LogP contribution in [0, 0.1) is 11.6 Å². The normalized spacial score (nSPS) is 11.0. The van der Waals surface area contributed by atoms with Crippen LogP contribution in [-0.4, -0.2) is 20.9 Å². The lowest BCUT2D eigenvalue weighted by atomic mass is 10.1. The lowest BCUT2D eigenvalue weighted by Gasteiger charge is -2.06. The Hall–Kier alpha value is -2.76. The molecule has 0 unspecified atom stereocenters. The molecule has 0 radical (unpaired) electrons. The summed E-state index contributed by atoms with van der Waals surface area (Å²) in [6.07, 6.45) is 1.43. The number of nitrogens with zero attached hydrogens (tertiary/aromatic N) is 2. The van der Waals surface area contributed by atoms with Gasteiger partial charge >= 0.3 is 5.97 Å². The second-order valence-electron chi connectivity index (χ2n) is 4.58. The van der Waals surface area contributed by atoms with Crippen LogP contribution in [0.3, 0.4) is 0 Å². The van der Waals surface area contributed by atoms with Crippen molar-refractivity contribution >= 4 is 16.9 Å². The summed E-state index contributed by atoms with van der Waals surface area (Å²) in [6.45, 7) is 0.0959. The van der Waals surface area contributed by atoms with Crippen LogP contribution in [0.25, 0.3) is 10.9 Å². The molecule has 106 valence electrons. The van der Waals surface area contributed by atoms with Crippen LogP contribution in [0.5, 0.6) is 0 Å². The molecule has 0 aliphatic carbocycles. The summed E-state index contributed by atoms with van der Waals surface area (Å²) in [5.74, 6) is -2.35. The van der Waals surface area contributed by atoms with Crippen LogP contribution in [0.4, 0.5) is 8.78 Å². The van der Waals surface area contributed by atoms with Gasteiger partial charge in [0.2, 0.25) is 0 Å². The molecule has 3 rings (SSSR count). The fourth-order valence-corrected chi connectivity index (χ4v) is 2.23. The van der Waals surface area contributed by atoms with Crippen molar-refractivity contribution in [2.45, 2.75) is 6.54 Å². The van der Waals surface area contributed by atoms with E-state index in [1.54, 1.807) is 12.1 Å². The highest BCUT2D eigenvalue weighted by atomic mass is 19.1. The van der Waals surface area contributed by atoms with E-state index in [1.165, 1.54) is 29.1 Å². The van der Waals surface area contributed by atoms with Gasteiger partial charge < -0.3 is 5.11 Å². The monoisotopic (exact) mass is 288 g/mol. The Morgan fingerprint density at radius 2 is 2.05 bits per heavy atom. The molecule has 0 fully saturated rings. The third kappa shape index (κ3) is 2.35. The Balaban J connectivity index is 2.06. The highest BCUT2D eigenvalue weighted by Crippen LogP contribution is 2.20. The summed E-state index contributed by atoms with van der Waals surface area (Å²) in [4.78, 5) is 11.1. The highest BCUT2D eigenvalue weighted by Gasteiger charge is 2.13. The summed E-state index contributed by atoms with van der Waals surface area (Å²) in [5, 5.41) is 13.7. The Bertz CT molecular complexity index is 843. The van der Waals surface area contributed by atoms with E-state index in [1.807, 2.05) is 0 Å². The number of hydrogen-bond acceptors (Lipinski definition) is 2. The second-order valence-corrected chi connectivity index (χ2v) is 4.58. The lowest BCUT2D eigenvalue weighted by molar-refractivity contribution is 0.0699. The summed E-state index contributed by atoms with van der Waals surface area (Å²) in [7, 11) is 0. The van der Waals surface area contributed by atoms with E-state index < -0.39 is 17.6 Å². The van der Waals surface area contributed by atoms with Crippen molar-refractivity contribution in [3.63, 3.8) is 0 Å². The fourth-order valence-electron chi connectivity index (χ4n) is 2.23. The maximum absolute atomic E-state index is 13.7. The molecule has 0 saturated heterocycles. The van der Waals surface area contributed by atoms with E-state index >= 15 is 0 Å². The number of aromatic nitrogens is 2. The van der Waals surface area contributed by atoms with E-state index in [-0.39, 0.29) is 17.7 Å². The zero-order valence-corrected chi connectivity index (χ0v) is 10.8. The number of benzene rings is 2. The van der Waals surface area contributed by atoms with Gasteiger partial charge in [-0.1, -0.05) is 12.1 Å². The Kier molecular flexibility index (Phi) is 3.13. The van der Waals surface area contributed by atoms with Gasteiger partial charge in [-0.3, -0.25) is 4.68 Å². The molecule has 1 aromatic heterocycles. The molecule has 0 bridgehead atoms. The van der Waals surface area contributed by atoms with Gasteiger partial charge in [-0.25, -0.2) is 13.6 Å². The molecular formula is C15H10F2N2O2. The predicted octanol–water partition coefficient (Wildman–Crippen LogP) is 3.06. The van der Waals surface area contributed by atoms with Gasteiger partial charge in [0.25, 0.3) is 0 Å². The minimum Gasteiger partial charge on any atom is -0.478 e. The topological polar surface area (TPSA) is 55.1 Å². The zero-order chi connectivity index (χ0) is 15.0. The van der Waals surface area contributed by atoms with E-state index in [4.69, 9.17) is 5.11 Å². The number of halogens is 2. The molecule has 0 saturated carbocycles. The molecule has 0 atom stereocenters. The van der Waals surface area contributed by atoms with Crippen molar-refractivity contribution in [3.05, 3.63) is 65.4 Å². The van der Waals surface area contributed by atoms with Crippen LogP contribution in [0.15, 0.2) is 42.6 Å². The first-order chi connectivity index (χ1) is 10.1. The van der Waals surface area contributed by atoms with E-state index in [0.717, 1.165) is 6.07 Å². The first-order valence-electron chi connectivity index (χ1n) is 6.18. The summed E-state index contributed by atoms with van der Waals surface area (Å²) in [6, 6.07) is 8.12. The Morgan fingerprint density at radius 3 is 2.76 bits per heavy atom. The maximum Gasteiger partial charge on any atom is 0.336 e. The van der Waals surface area contributed by atoms with Gasteiger partial charge in [0, 0.05) is 17.0 Å². The summed E-state index contributed by atoms with van der Waals surface area (Å²) in [5.41, 5.74) is 0.999. The van der Waals surface area contributed by atoms with Crippen molar-refractivity contribution in [2.75, 3.05) is 0 Å². The maximum atomic E-state index is 13.7. The molecule has 3 aromatic rings. The van der Waals surface area contributed by atoms with Gasteiger partial charge in [-0.05, 0) is 18.2 Å². The van der Waals surface area contributed by atoms with Crippen LogP contribution in [0.2, 0.25) is 0 Å². The average molecular weight is 288 g/mol. The van der Waals surface area contributed by atoms with Crippen LogP contribution >= 0.6 is 0 Å².